The van der Waals surface area contributed by atoms with Gasteiger partial charge < -0.3 is 14.2 Å². The van der Waals surface area contributed by atoms with Gasteiger partial charge in [-0.1, -0.05) is 23.2 Å². The van der Waals surface area contributed by atoms with Crippen molar-refractivity contribution in [3.63, 3.8) is 0 Å². The van der Waals surface area contributed by atoms with Crippen molar-refractivity contribution in [1.29, 1.82) is 0 Å². The van der Waals surface area contributed by atoms with Crippen LogP contribution in [0, 0.1) is 0 Å². The number of rotatable bonds is 7. The van der Waals surface area contributed by atoms with Crippen molar-refractivity contribution in [1.82, 2.24) is 5.43 Å². The van der Waals surface area contributed by atoms with Gasteiger partial charge in [0.1, 0.15) is 5.75 Å². The average molecular weight is 462 g/mol. The van der Waals surface area contributed by atoms with E-state index in [1.807, 2.05) is 0 Å². The first-order valence-corrected chi connectivity index (χ1v) is 8.80. The molecule has 1 N–H and O–H groups in total. The van der Waals surface area contributed by atoms with Gasteiger partial charge in [-0.05, 0) is 51.8 Å². The monoisotopic (exact) mass is 460 g/mol. The molecule has 9 heteroatoms. The van der Waals surface area contributed by atoms with Crippen LogP contribution in [0.2, 0.25) is 10.0 Å². The van der Waals surface area contributed by atoms with E-state index in [0.717, 1.165) is 0 Å². The van der Waals surface area contributed by atoms with Crippen LogP contribution in [-0.2, 0) is 4.79 Å². The van der Waals surface area contributed by atoms with Crippen molar-refractivity contribution in [2.45, 2.75) is 0 Å². The van der Waals surface area contributed by atoms with Gasteiger partial charge in [0.25, 0.3) is 5.91 Å². The van der Waals surface area contributed by atoms with Gasteiger partial charge in [0.15, 0.2) is 18.1 Å². The topological polar surface area (TPSA) is 69.2 Å². The molecule has 0 heterocycles. The number of carbonyl (C=O) groups is 1. The number of halogens is 3. The highest BCUT2D eigenvalue weighted by molar-refractivity contribution is 9.10. The van der Waals surface area contributed by atoms with E-state index in [1.165, 1.54) is 19.4 Å². The Morgan fingerprint density at radius 2 is 1.96 bits per heavy atom. The third-order valence-corrected chi connectivity index (χ3v) is 4.23. The molecule has 0 atom stereocenters. The van der Waals surface area contributed by atoms with Crippen LogP contribution >= 0.6 is 39.1 Å². The second-order valence-electron chi connectivity index (χ2n) is 4.89. The van der Waals surface area contributed by atoms with Gasteiger partial charge in [-0.3, -0.25) is 4.79 Å². The van der Waals surface area contributed by atoms with Crippen molar-refractivity contribution >= 4 is 51.3 Å². The number of hydrogen-bond acceptors (Lipinski definition) is 5. The summed E-state index contributed by atoms with van der Waals surface area (Å²) in [4.78, 5) is 11.8. The third-order valence-electron chi connectivity index (χ3n) is 3.11. The summed E-state index contributed by atoms with van der Waals surface area (Å²) < 4.78 is 16.5. The van der Waals surface area contributed by atoms with Crippen LogP contribution in [0.1, 0.15) is 5.56 Å². The Hall–Kier alpha value is -1.96. The number of carbonyl (C=O) groups excluding carboxylic acids is 1. The smallest absolute Gasteiger partial charge is 0.277 e. The van der Waals surface area contributed by atoms with Crippen LogP contribution in [0.15, 0.2) is 39.9 Å². The van der Waals surface area contributed by atoms with E-state index in [9.17, 15) is 4.79 Å². The molecule has 0 aliphatic heterocycles. The van der Waals surface area contributed by atoms with E-state index in [2.05, 4.69) is 26.5 Å². The Morgan fingerprint density at radius 1 is 1.19 bits per heavy atom. The minimum atomic E-state index is -0.438. The summed E-state index contributed by atoms with van der Waals surface area (Å²) in [6, 6.07) is 8.24. The summed E-state index contributed by atoms with van der Waals surface area (Å²) in [5.74, 6) is 1.03. The lowest BCUT2D eigenvalue weighted by Crippen LogP contribution is -2.24. The Balaban J connectivity index is 1.93. The number of ether oxygens (including phenoxy) is 3. The van der Waals surface area contributed by atoms with E-state index < -0.39 is 5.91 Å². The largest absolute Gasteiger partial charge is 0.493 e. The molecule has 0 unspecified atom stereocenters. The predicted octanol–water partition coefficient (Wildman–Crippen LogP) is 4.30. The molecular formula is C17H15BrCl2N2O4. The van der Waals surface area contributed by atoms with Crippen LogP contribution in [-0.4, -0.2) is 32.9 Å². The molecule has 1 amide bonds. The summed E-state index contributed by atoms with van der Waals surface area (Å²) in [7, 11) is 3.08. The van der Waals surface area contributed by atoms with E-state index in [0.29, 0.717) is 37.3 Å². The molecule has 2 aromatic carbocycles. The van der Waals surface area contributed by atoms with Crippen LogP contribution < -0.4 is 19.6 Å². The average Bonchev–Trinajstić information content (AvgIpc) is 2.60. The zero-order valence-electron chi connectivity index (χ0n) is 13.9. The molecule has 0 saturated heterocycles. The van der Waals surface area contributed by atoms with Crippen molar-refractivity contribution in [3.8, 4) is 17.2 Å². The molecule has 0 spiro atoms. The van der Waals surface area contributed by atoms with Gasteiger partial charge in [-0.15, -0.1) is 0 Å². The molecule has 6 nitrogen and oxygen atoms in total. The summed E-state index contributed by atoms with van der Waals surface area (Å²) in [6.07, 6.45) is 1.47. The number of hydrogen-bond donors (Lipinski definition) is 1. The molecule has 2 rings (SSSR count). The molecule has 138 valence electrons. The molecule has 2 aromatic rings. The molecule has 26 heavy (non-hydrogen) atoms. The first kappa shape index (κ1) is 20.4. The van der Waals surface area contributed by atoms with E-state index in [4.69, 9.17) is 37.4 Å². The lowest BCUT2D eigenvalue weighted by Gasteiger charge is -2.10. The van der Waals surface area contributed by atoms with E-state index in [-0.39, 0.29) is 6.61 Å². The third kappa shape index (κ3) is 5.52. The molecule has 0 aromatic heterocycles. The Morgan fingerprint density at radius 3 is 2.62 bits per heavy atom. The number of methoxy groups -OCH3 is 2. The van der Waals surface area contributed by atoms with E-state index >= 15 is 0 Å². The normalized spacial score (nSPS) is 10.7. The van der Waals surface area contributed by atoms with Crippen molar-refractivity contribution in [2.75, 3.05) is 20.8 Å². The van der Waals surface area contributed by atoms with Gasteiger partial charge >= 0.3 is 0 Å². The standard InChI is InChI=1S/C17H15BrCl2N2O4/c1-24-15-6-10(5-12(18)17(15)25-2)8-21-22-16(23)9-26-14-4-3-11(19)7-13(14)20/h3-8H,9H2,1-2H3,(H,22,23)/b21-8-. The van der Waals surface area contributed by atoms with Crippen LogP contribution in [0.25, 0.3) is 0 Å². The fraction of sp³-hybridized carbons (Fsp3) is 0.176. The number of hydrazone groups is 1. The van der Waals surface area contributed by atoms with Crippen LogP contribution in [0.3, 0.4) is 0 Å². The maximum absolute atomic E-state index is 11.8. The summed E-state index contributed by atoms with van der Waals surface area (Å²) in [5, 5.41) is 4.69. The zero-order valence-corrected chi connectivity index (χ0v) is 17.0. The second kappa shape index (κ2) is 9.66. The SMILES string of the molecule is COc1cc(/C=N\NC(=O)COc2ccc(Cl)cc2Cl)cc(Br)c1OC. The van der Waals surface area contributed by atoms with Gasteiger partial charge in [-0.25, -0.2) is 5.43 Å². The maximum Gasteiger partial charge on any atom is 0.277 e. The molecule has 0 bridgehead atoms. The molecule has 0 radical (unpaired) electrons. The minimum Gasteiger partial charge on any atom is -0.493 e. The zero-order chi connectivity index (χ0) is 19.1. The lowest BCUT2D eigenvalue weighted by molar-refractivity contribution is -0.123. The van der Waals surface area contributed by atoms with Crippen molar-refractivity contribution < 1.29 is 19.0 Å². The Labute approximate surface area is 169 Å². The van der Waals surface area contributed by atoms with Gasteiger partial charge in [0.2, 0.25) is 0 Å². The van der Waals surface area contributed by atoms with Crippen LogP contribution in [0.4, 0.5) is 0 Å². The molecule has 0 saturated carbocycles. The highest BCUT2D eigenvalue weighted by Gasteiger charge is 2.10. The predicted molar refractivity (Wildman–Crippen MR) is 105 cm³/mol. The number of nitrogens with one attached hydrogen (secondary N) is 1. The molecule has 0 aliphatic rings. The molecular weight excluding hydrogens is 447 g/mol. The summed E-state index contributed by atoms with van der Waals surface area (Å²) in [6.45, 7) is -0.242. The lowest BCUT2D eigenvalue weighted by atomic mass is 10.2. The maximum atomic E-state index is 11.8. The van der Waals surface area contributed by atoms with Gasteiger partial charge in [0, 0.05) is 5.02 Å². The number of nitrogens with zero attached hydrogens (tertiary/aromatic N) is 1. The highest BCUT2D eigenvalue weighted by atomic mass is 79.9. The van der Waals surface area contributed by atoms with Gasteiger partial charge in [0.05, 0.1) is 29.9 Å². The first-order chi connectivity index (χ1) is 12.4. The molecule has 0 aliphatic carbocycles. The highest BCUT2D eigenvalue weighted by Crippen LogP contribution is 2.35. The number of benzene rings is 2. The minimum absolute atomic E-state index is 0.242. The Kier molecular flexibility index (Phi) is 7.56. The van der Waals surface area contributed by atoms with Crippen LogP contribution in [0.5, 0.6) is 17.2 Å². The fourth-order valence-corrected chi connectivity index (χ4v) is 3.04. The van der Waals surface area contributed by atoms with Crippen molar-refractivity contribution in [2.24, 2.45) is 5.10 Å². The first-order valence-electron chi connectivity index (χ1n) is 7.26. The van der Waals surface area contributed by atoms with Crippen molar-refractivity contribution in [3.05, 3.63) is 50.4 Å². The second-order valence-corrected chi connectivity index (χ2v) is 6.59. The Bertz CT molecular complexity index is 831. The molecule has 0 fully saturated rings. The summed E-state index contributed by atoms with van der Waals surface area (Å²) >= 11 is 15.2. The van der Waals surface area contributed by atoms with E-state index in [1.54, 1.807) is 31.4 Å². The van der Waals surface area contributed by atoms with Gasteiger partial charge in [-0.2, -0.15) is 5.10 Å². The summed E-state index contributed by atoms with van der Waals surface area (Å²) in [5.41, 5.74) is 3.07. The quantitative estimate of drug-likeness (QED) is 0.493. The number of amides is 1. The fourth-order valence-electron chi connectivity index (χ4n) is 1.96.